The molecule has 0 aliphatic rings. The van der Waals surface area contributed by atoms with Crippen molar-refractivity contribution < 1.29 is 9.72 Å². The number of nitro groups is 1. The van der Waals surface area contributed by atoms with Gasteiger partial charge in [0.15, 0.2) is 0 Å². The van der Waals surface area contributed by atoms with E-state index in [2.05, 4.69) is 10.3 Å². The van der Waals surface area contributed by atoms with Crippen molar-refractivity contribution in [2.45, 2.75) is 6.92 Å². The summed E-state index contributed by atoms with van der Waals surface area (Å²) in [6.07, 6.45) is 0. The van der Waals surface area contributed by atoms with E-state index in [0.29, 0.717) is 5.69 Å². The third kappa shape index (κ3) is 3.51. The van der Waals surface area contributed by atoms with E-state index in [1.165, 1.54) is 24.3 Å². The molecule has 3 aromatic rings. The number of amides is 1. The van der Waals surface area contributed by atoms with Crippen molar-refractivity contribution in [1.82, 2.24) is 4.98 Å². The van der Waals surface area contributed by atoms with Gasteiger partial charge in [-0.2, -0.15) is 0 Å². The summed E-state index contributed by atoms with van der Waals surface area (Å²) in [5.74, 6) is -0.712. The van der Waals surface area contributed by atoms with E-state index in [0.717, 1.165) is 11.1 Å². The molecular weight excluding hydrogens is 334 g/mol. The third-order valence-corrected chi connectivity index (χ3v) is 3.87. The maximum atomic E-state index is 12.3. The van der Waals surface area contributed by atoms with Gasteiger partial charge in [-0.3, -0.25) is 19.7 Å². The standard InChI is InChI=1S/C19H15N3O4/c1-12-6-8-13(9-7-12)15-11-10-14(18(23)20-15)19(24)21-16-4-2-3-5-17(16)22(25)26/h2-11H,1H3,(H,20,23)(H,21,24). The fourth-order valence-electron chi connectivity index (χ4n) is 2.48. The van der Waals surface area contributed by atoms with Crippen LogP contribution in [0.1, 0.15) is 15.9 Å². The molecule has 2 aromatic carbocycles. The van der Waals surface area contributed by atoms with Gasteiger partial charge in [0.05, 0.1) is 4.92 Å². The van der Waals surface area contributed by atoms with Gasteiger partial charge < -0.3 is 10.3 Å². The summed E-state index contributed by atoms with van der Waals surface area (Å²) in [6.45, 7) is 1.96. The molecule has 1 aromatic heterocycles. The van der Waals surface area contributed by atoms with Crippen LogP contribution in [0.3, 0.4) is 0 Å². The minimum Gasteiger partial charge on any atom is -0.321 e. The summed E-state index contributed by atoms with van der Waals surface area (Å²) in [4.78, 5) is 37.7. The van der Waals surface area contributed by atoms with Gasteiger partial charge in [0, 0.05) is 11.8 Å². The number of aromatic amines is 1. The molecule has 0 saturated carbocycles. The van der Waals surface area contributed by atoms with Crippen molar-refractivity contribution in [2.24, 2.45) is 0 Å². The maximum absolute atomic E-state index is 12.3. The van der Waals surface area contributed by atoms with Gasteiger partial charge in [0.2, 0.25) is 0 Å². The fourth-order valence-corrected chi connectivity index (χ4v) is 2.48. The number of aromatic nitrogens is 1. The minimum atomic E-state index is -0.712. The molecule has 0 unspecified atom stereocenters. The van der Waals surface area contributed by atoms with E-state index in [1.807, 2.05) is 31.2 Å². The van der Waals surface area contributed by atoms with Crippen LogP contribution >= 0.6 is 0 Å². The number of H-pyrrole nitrogens is 1. The normalized spacial score (nSPS) is 10.3. The molecule has 0 saturated heterocycles. The second-order valence-corrected chi connectivity index (χ2v) is 5.71. The average molecular weight is 349 g/mol. The Balaban J connectivity index is 1.88. The lowest BCUT2D eigenvalue weighted by Crippen LogP contribution is -2.23. The number of nitro benzene ring substituents is 1. The number of pyridine rings is 1. The van der Waals surface area contributed by atoms with Gasteiger partial charge in [-0.05, 0) is 30.7 Å². The van der Waals surface area contributed by atoms with Crippen LogP contribution in [-0.4, -0.2) is 15.8 Å². The first kappa shape index (κ1) is 17.1. The number of nitrogens with one attached hydrogen (secondary N) is 2. The molecule has 0 atom stereocenters. The number of carbonyl (C=O) groups is 1. The van der Waals surface area contributed by atoms with Crippen molar-refractivity contribution >= 4 is 17.3 Å². The average Bonchev–Trinajstić information content (AvgIpc) is 2.62. The summed E-state index contributed by atoms with van der Waals surface area (Å²) in [7, 11) is 0. The predicted molar refractivity (Wildman–Crippen MR) is 98.3 cm³/mol. The number of hydrogen-bond acceptors (Lipinski definition) is 4. The number of benzene rings is 2. The SMILES string of the molecule is Cc1ccc(-c2ccc(C(=O)Nc3ccccc3[N+](=O)[O-])c(=O)[nH]2)cc1. The largest absolute Gasteiger partial charge is 0.321 e. The number of anilines is 1. The van der Waals surface area contributed by atoms with Gasteiger partial charge >= 0.3 is 0 Å². The van der Waals surface area contributed by atoms with Gasteiger partial charge in [-0.25, -0.2) is 0 Å². The lowest BCUT2D eigenvalue weighted by atomic mass is 10.1. The summed E-state index contributed by atoms with van der Waals surface area (Å²) < 4.78 is 0. The molecule has 7 nitrogen and oxygen atoms in total. The summed E-state index contributed by atoms with van der Waals surface area (Å²) in [6, 6.07) is 16.3. The lowest BCUT2D eigenvalue weighted by molar-refractivity contribution is -0.383. The van der Waals surface area contributed by atoms with E-state index >= 15 is 0 Å². The van der Waals surface area contributed by atoms with Crippen molar-refractivity contribution in [1.29, 1.82) is 0 Å². The molecule has 0 fully saturated rings. The first-order valence-electron chi connectivity index (χ1n) is 7.81. The number of aryl methyl sites for hydroxylation is 1. The van der Waals surface area contributed by atoms with Gasteiger partial charge in [0.1, 0.15) is 11.3 Å². The highest BCUT2D eigenvalue weighted by Gasteiger charge is 2.17. The van der Waals surface area contributed by atoms with Crippen molar-refractivity contribution in [3.05, 3.63) is 92.3 Å². The molecule has 0 aliphatic heterocycles. The molecule has 0 aliphatic carbocycles. The zero-order chi connectivity index (χ0) is 18.7. The highest BCUT2D eigenvalue weighted by Crippen LogP contribution is 2.23. The molecule has 0 bridgehead atoms. The lowest BCUT2D eigenvalue weighted by Gasteiger charge is -2.07. The van der Waals surface area contributed by atoms with Crippen molar-refractivity contribution in [3.8, 4) is 11.3 Å². The van der Waals surface area contributed by atoms with Crippen LogP contribution in [0.15, 0.2) is 65.5 Å². The first-order valence-corrected chi connectivity index (χ1v) is 7.81. The Morgan fingerprint density at radius 1 is 1.04 bits per heavy atom. The van der Waals surface area contributed by atoms with E-state index in [9.17, 15) is 19.7 Å². The van der Waals surface area contributed by atoms with E-state index in [1.54, 1.807) is 12.1 Å². The number of para-hydroxylation sites is 2. The topological polar surface area (TPSA) is 105 Å². The quantitative estimate of drug-likeness (QED) is 0.555. The molecule has 2 N–H and O–H groups in total. The Labute approximate surface area is 148 Å². The third-order valence-electron chi connectivity index (χ3n) is 3.87. The van der Waals surface area contributed by atoms with Crippen LogP contribution in [0, 0.1) is 17.0 Å². The predicted octanol–water partition coefficient (Wildman–Crippen LogP) is 3.51. The van der Waals surface area contributed by atoms with Gasteiger partial charge in [-0.15, -0.1) is 0 Å². The molecule has 3 rings (SSSR count). The maximum Gasteiger partial charge on any atom is 0.292 e. The molecular formula is C19H15N3O4. The van der Waals surface area contributed by atoms with Crippen LogP contribution in [0.2, 0.25) is 0 Å². The smallest absolute Gasteiger partial charge is 0.292 e. The molecule has 26 heavy (non-hydrogen) atoms. The summed E-state index contributed by atoms with van der Waals surface area (Å²) in [5, 5.41) is 13.4. The highest BCUT2D eigenvalue weighted by atomic mass is 16.6. The van der Waals surface area contributed by atoms with Crippen LogP contribution < -0.4 is 10.9 Å². The molecule has 1 amide bonds. The molecule has 0 radical (unpaired) electrons. The summed E-state index contributed by atoms with van der Waals surface area (Å²) >= 11 is 0. The first-order chi connectivity index (χ1) is 12.5. The molecule has 7 heteroatoms. The second-order valence-electron chi connectivity index (χ2n) is 5.71. The molecule has 1 heterocycles. The van der Waals surface area contributed by atoms with E-state index in [4.69, 9.17) is 0 Å². The minimum absolute atomic E-state index is 0.0320. The van der Waals surface area contributed by atoms with Gasteiger partial charge in [-0.1, -0.05) is 42.0 Å². The molecule has 130 valence electrons. The Hall–Kier alpha value is -3.74. The fraction of sp³-hybridized carbons (Fsp3) is 0.0526. The van der Waals surface area contributed by atoms with E-state index in [-0.39, 0.29) is 16.9 Å². The number of hydrogen-bond donors (Lipinski definition) is 2. The van der Waals surface area contributed by atoms with Crippen LogP contribution in [-0.2, 0) is 0 Å². The van der Waals surface area contributed by atoms with Crippen LogP contribution in [0.4, 0.5) is 11.4 Å². The van der Waals surface area contributed by atoms with Crippen molar-refractivity contribution in [2.75, 3.05) is 5.32 Å². The van der Waals surface area contributed by atoms with Crippen molar-refractivity contribution in [3.63, 3.8) is 0 Å². The monoisotopic (exact) mass is 349 g/mol. The van der Waals surface area contributed by atoms with Crippen LogP contribution in [0.5, 0.6) is 0 Å². The Kier molecular flexibility index (Phi) is 4.62. The number of carbonyl (C=O) groups excluding carboxylic acids is 1. The zero-order valence-corrected chi connectivity index (χ0v) is 13.9. The number of nitrogens with zero attached hydrogens (tertiary/aromatic N) is 1. The van der Waals surface area contributed by atoms with E-state index < -0.39 is 16.4 Å². The Morgan fingerprint density at radius 3 is 2.38 bits per heavy atom. The Morgan fingerprint density at radius 2 is 1.73 bits per heavy atom. The zero-order valence-electron chi connectivity index (χ0n) is 13.9. The summed E-state index contributed by atoms with van der Waals surface area (Å²) in [5.41, 5.74) is 1.59. The Bertz CT molecular complexity index is 1040. The second kappa shape index (κ2) is 7.02. The number of rotatable bonds is 4. The van der Waals surface area contributed by atoms with Gasteiger partial charge in [0.25, 0.3) is 17.2 Å². The molecule has 0 spiro atoms. The highest BCUT2D eigenvalue weighted by molar-refractivity contribution is 6.05. The van der Waals surface area contributed by atoms with Crippen LogP contribution in [0.25, 0.3) is 11.3 Å².